The Kier molecular flexibility index (Phi) is 5.66. The maximum absolute atomic E-state index is 5.73. The van der Waals surface area contributed by atoms with Crippen molar-refractivity contribution in [2.45, 2.75) is 45.3 Å². The fraction of sp³-hybridized carbons (Fsp3) is 0.786. The number of nitrogens with zero attached hydrogens (tertiary/aromatic N) is 2. The lowest BCUT2D eigenvalue weighted by Crippen LogP contribution is -2.27. The van der Waals surface area contributed by atoms with Gasteiger partial charge in [-0.15, -0.1) is 0 Å². The van der Waals surface area contributed by atoms with E-state index in [2.05, 4.69) is 21.1 Å². The zero-order chi connectivity index (χ0) is 13.5. The first-order valence-electron chi connectivity index (χ1n) is 7.18. The lowest BCUT2D eigenvalue weighted by molar-refractivity contribution is 0.0246. The zero-order valence-electron chi connectivity index (χ0n) is 12.0. The van der Waals surface area contributed by atoms with Crippen LogP contribution >= 0.6 is 0 Å². The van der Waals surface area contributed by atoms with Gasteiger partial charge in [0.15, 0.2) is 0 Å². The standard InChI is InChI=1S/C14H25N3O2/c1-12-11-17(7-5-8-18-2)14(16-12)15-10-13-6-3-4-9-19-13/h11,13H,3-10H2,1-2H3,(H,15,16). The number of aryl methyl sites for hydroxylation is 2. The summed E-state index contributed by atoms with van der Waals surface area (Å²) in [6.07, 6.45) is 7.03. The number of nitrogens with one attached hydrogen (secondary N) is 1. The van der Waals surface area contributed by atoms with E-state index in [0.717, 1.165) is 50.8 Å². The van der Waals surface area contributed by atoms with Crippen molar-refractivity contribution >= 4 is 5.95 Å². The van der Waals surface area contributed by atoms with Crippen LogP contribution in [-0.2, 0) is 16.0 Å². The molecule has 5 nitrogen and oxygen atoms in total. The summed E-state index contributed by atoms with van der Waals surface area (Å²) in [5.74, 6) is 0.947. The number of aromatic nitrogens is 2. The SMILES string of the molecule is COCCCn1cc(C)nc1NCC1CCCCO1. The average molecular weight is 267 g/mol. The third-order valence-corrected chi connectivity index (χ3v) is 3.41. The lowest BCUT2D eigenvalue weighted by Gasteiger charge is -2.23. The Morgan fingerprint density at radius 3 is 3.16 bits per heavy atom. The van der Waals surface area contributed by atoms with Crippen molar-refractivity contribution in [2.24, 2.45) is 0 Å². The van der Waals surface area contributed by atoms with Crippen LogP contribution in [0.15, 0.2) is 6.20 Å². The third kappa shape index (κ3) is 4.51. The number of rotatable bonds is 7. The molecular weight excluding hydrogens is 242 g/mol. The molecule has 1 aromatic rings. The predicted octanol–water partition coefficient (Wildman–Crippen LogP) is 2.21. The summed E-state index contributed by atoms with van der Waals surface area (Å²) in [7, 11) is 1.73. The molecule has 1 N–H and O–H groups in total. The monoisotopic (exact) mass is 267 g/mol. The third-order valence-electron chi connectivity index (χ3n) is 3.41. The van der Waals surface area contributed by atoms with E-state index in [1.165, 1.54) is 12.8 Å². The fourth-order valence-corrected chi connectivity index (χ4v) is 2.41. The Labute approximate surface area is 115 Å². The van der Waals surface area contributed by atoms with Crippen molar-refractivity contribution in [2.75, 3.05) is 32.2 Å². The van der Waals surface area contributed by atoms with Gasteiger partial charge in [0.1, 0.15) is 0 Å². The molecule has 0 spiro atoms. The number of ether oxygens (including phenoxy) is 2. The number of methoxy groups -OCH3 is 1. The first-order chi connectivity index (χ1) is 9.29. The van der Waals surface area contributed by atoms with Gasteiger partial charge >= 0.3 is 0 Å². The summed E-state index contributed by atoms with van der Waals surface area (Å²) in [5, 5.41) is 3.42. The Bertz CT molecular complexity index is 373. The van der Waals surface area contributed by atoms with Gasteiger partial charge in [-0.2, -0.15) is 0 Å². The molecule has 1 saturated heterocycles. The van der Waals surface area contributed by atoms with Crippen LogP contribution < -0.4 is 5.32 Å². The van der Waals surface area contributed by atoms with Gasteiger partial charge in [0.25, 0.3) is 0 Å². The van der Waals surface area contributed by atoms with E-state index in [9.17, 15) is 0 Å². The van der Waals surface area contributed by atoms with Crippen LogP contribution in [-0.4, -0.2) is 42.5 Å². The minimum Gasteiger partial charge on any atom is -0.385 e. The van der Waals surface area contributed by atoms with Gasteiger partial charge in [0, 0.05) is 39.6 Å². The summed E-state index contributed by atoms with van der Waals surface area (Å²) in [4.78, 5) is 4.53. The number of imidazole rings is 1. The summed E-state index contributed by atoms with van der Waals surface area (Å²) < 4.78 is 13.0. The molecule has 1 aromatic heterocycles. The van der Waals surface area contributed by atoms with Crippen LogP contribution in [0, 0.1) is 6.92 Å². The first-order valence-corrected chi connectivity index (χ1v) is 7.18. The number of anilines is 1. The molecule has 1 atom stereocenters. The average Bonchev–Trinajstić information content (AvgIpc) is 2.78. The van der Waals surface area contributed by atoms with Crippen LogP contribution in [0.4, 0.5) is 5.95 Å². The summed E-state index contributed by atoms with van der Waals surface area (Å²) in [6.45, 7) is 5.48. The molecule has 1 aliphatic heterocycles. The fourth-order valence-electron chi connectivity index (χ4n) is 2.41. The highest BCUT2D eigenvalue weighted by molar-refractivity contribution is 5.28. The molecule has 108 valence electrons. The molecule has 1 unspecified atom stereocenters. The molecule has 0 radical (unpaired) electrons. The van der Waals surface area contributed by atoms with Crippen molar-refractivity contribution in [3.63, 3.8) is 0 Å². The Morgan fingerprint density at radius 2 is 2.42 bits per heavy atom. The molecule has 2 rings (SSSR count). The minimum absolute atomic E-state index is 0.332. The Balaban J connectivity index is 1.83. The normalized spacial score (nSPS) is 19.6. The maximum atomic E-state index is 5.73. The summed E-state index contributed by atoms with van der Waals surface area (Å²) in [6, 6.07) is 0. The second kappa shape index (κ2) is 7.50. The molecule has 1 aliphatic rings. The second-order valence-corrected chi connectivity index (χ2v) is 5.12. The molecule has 2 heterocycles. The van der Waals surface area contributed by atoms with Gasteiger partial charge in [-0.05, 0) is 32.6 Å². The highest BCUT2D eigenvalue weighted by atomic mass is 16.5. The highest BCUT2D eigenvalue weighted by Gasteiger charge is 2.14. The predicted molar refractivity (Wildman–Crippen MR) is 75.5 cm³/mol. The summed E-state index contributed by atoms with van der Waals surface area (Å²) in [5.41, 5.74) is 1.05. The maximum Gasteiger partial charge on any atom is 0.203 e. The van der Waals surface area contributed by atoms with E-state index < -0.39 is 0 Å². The minimum atomic E-state index is 0.332. The molecular formula is C14H25N3O2. The Morgan fingerprint density at radius 1 is 1.53 bits per heavy atom. The topological polar surface area (TPSA) is 48.3 Å². The smallest absolute Gasteiger partial charge is 0.203 e. The van der Waals surface area contributed by atoms with E-state index >= 15 is 0 Å². The second-order valence-electron chi connectivity index (χ2n) is 5.12. The summed E-state index contributed by atoms with van der Waals surface area (Å²) >= 11 is 0. The van der Waals surface area contributed by atoms with Crippen LogP contribution in [0.3, 0.4) is 0 Å². The van der Waals surface area contributed by atoms with E-state index in [1.54, 1.807) is 7.11 Å². The van der Waals surface area contributed by atoms with E-state index in [4.69, 9.17) is 9.47 Å². The molecule has 5 heteroatoms. The number of hydrogen-bond donors (Lipinski definition) is 1. The van der Waals surface area contributed by atoms with Gasteiger partial charge in [0.2, 0.25) is 5.95 Å². The van der Waals surface area contributed by atoms with Gasteiger partial charge < -0.3 is 19.4 Å². The van der Waals surface area contributed by atoms with Gasteiger partial charge in [0.05, 0.1) is 11.8 Å². The van der Waals surface area contributed by atoms with Crippen LogP contribution in [0.2, 0.25) is 0 Å². The van der Waals surface area contributed by atoms with Crippen LogP contribution in [0.25, 0.3) is 0 Å². The quantitative estimate of drug-likeness (QED) is 0.770. The lowest BCUT2D eigenvalue weighted by atomic mass is 10.1. The van der Waals surface area contributed by atoms with E-state index in [0.29, 0.717) is 6.10 Å². The molecule has 0 saturated carbocycles. The van der Waals surface area contributed by atoms with Crippen LogP contribution in [0.1, 0.15) is 31.4 Å². The van der Waals surface area contributed by atoms with Crippen molar-refractivity contribution < 1.29 is 9.47 Å². The van der Waals surface area contributed by atoms with Gasteiger partial charge in [-0.1, -0.05) is 0 Å². The van der Waals surface area contributed by atoms with Crippen LogP contribution in [0.5, 0.6) is 0 Å². The highest BCUT2D eigenvalue weighted by Crippen LogP contribution is 2.14. The molecule has 19 heavy (non-hydrogen) atoms. The largest absolute Gasteiger partial charge is 0.385 e. The van der Waals surface area contributed by atoms with Gasteiger partial charge in [-0.25, -0.2) is 4.98 Å². The van der Waals surface area contributed by atoms with E-state index in [-0.39, 0.29) is 0 Å². The molecule has 0 aromatic carbocycles. The van der Waals surface area contributed by atoms with Crippen molar-refractivity contribution in [3.05, 3.63) is 11.9 Å². The zero-order valence-corrected chi connectivity index (χ0v) is 12.0. The molecule has 0 aliphatic carbocycles. The number of hydrogen-bond acceptors (Lipinski definition) is 4. The van der Waals surface area contributed by atoms with E-state index in [1.807, 2.05) is 6.92 Å². The molecule has 0 bridgehead atoms. The van der Waals surface area contributed by atoms with Crippen molar-refractivity contribution in [3.8, 4) is 0 Å². The van der Waals surface area contributed by atoms with Crippen molar-refractivity contribution in [1.82, 2.24) is 9.55 Å². The molecule has 0 amide bonds. The van der Waals surface area contributed by atoms with Gasteiger partial charge in [-0.3, -0.25) is 0 Å². The first kappa shape index (κ1) is 14.3. The van der Waals surface area contributed by atoms with Crippen molar-refractivity contribution in [1.29, 1.82) is 0 Å². The molecule has 1 fully saturated rings. The Hall–Kier alpha value is -1.07.